The maximum atomic E-state index is 12.3. The van der Waals surface area contributed by atoms with Gasteiger partial charge in [0.05, 0.1) is 12.5 Å². The molecule has 1 fully saturated rings. The number of alkyl halides is 1. The highest BCUT2D eigenvalue weighted by Crippen LogP contribution is 2.35. The lowest BCUT2D eigenvalue weighted by atomic mass is 10.2. The van der Waals surface area contributed by atoms with E-state index in [0.29, 0.717) is 0 Å². The minimum atomic E-state index is -1.02. The molecular formula is C8H11FO3. The number of halogens is 1. The van der Waals surface area contributed by atoms with Crippen molar-refractivity contribution >= 4 is 11.8 Å². The molecule has 0 aliphatic heterocycles. The van der Waals surface area contributed by atoms with Gasteiger partial charge in [-0.05, 0) is 13.3 Å². The Morgan fingerprint density at radius 1 is 1.58 bits per heavy atom. The number of carbonyl (C=O) groups is 2. The molecule has 0 aromatic rings. The van der Waals surface area contributed by atoms with Crippen LogP contribution in [-0.4, -0.2) is 24.5 Å². The molecule has 68 valence electrons. The average molecular weight is 174 g/mol. The molecular weight excluding hydrogens is 163 g/mol. The molecule has 4 heteroatoms. The third-order valence-corrected chi connectivity index (χ3v) is 1.75. The van der Waals surface area contributed by atoms with Gasteiger partial charge in [-0.3, -0.25) is 9.59 Å². The minimum absolute atomic E-state index is 0.260. The summed E-state index contributed by atoms with van der Waals surface area (Å²) in [7, 11) is 0. The summed E-state index contributed by atoms with van der Waals surface area (Å²) in [4.78, 5) is 21.7. The second kappa shape index (κ2) is 3.65. The van der Waals surface area contributed by atoms with E-state index in [2.05, 4.69) is 4.74 Å². The van der Waals surface area contributed by atoms with Gasteiger partial charge in [0.1, 0.15) is 18.4 Å². The number of ether oxygens (including phenoxy) is 1. The molecule has 12 heavy (non-hydrogen) atoms. The normalized spacial score (nSPS) is 26.5. The lowest BCUT2D eigenvalue weighted by Gasteiger charge is -1.98. The predicted octanol–water partition coefficient (Wildman–Crippen LogP) is 0.867. The maximum absolute atomic E-state index is 12.3. The van der Waals surface area contributed by atoms with Crippen LogP contribution in [0.1, 0.15) is 19.8 Å². The SMILES string of the molecule is CCOC(=O)CC(=O)[C@H]1C[C@H]1F. The zero-order valence-corrected chi connectivity index (χ0v) is 6.88. The topological polar surface area (TPSA) is 43.4 Å². The van der Waals surface area contributed by atoms with Crippen molar-refractivity contribution in [2.24, 2.45) is 5.92 Å². The second-order valence-corrected chi connectivity index (χ2v) is 2.81. The Kier molecular flexibility index (Phi) is 2.78. The lowest BCUT2D eigenvalue weighted by Crippen LogP contribution is -2.13. The summed E-state index contributed by atoms with van der Waals surface area (Å²) >= 11 is 0. The number of Topliss-reactive ketones (excluding diaryl/α,β-unsaturated/α-hetero) is 1. The molecule has 0 saturated heterocycles. The number of carbonyl (C=O) groups excluding carboxylic acids is 2. The summed E-state index contributed by atoms with van der Waals surface area (Å²) < 4.78 is 16.8. The van der Waals surface area contributed by atoms with Gasteiger partial charge < -0.3 is 4.74 Å². The summed E-state index contributed by atoms with van der Waals surface area (Å²) in [5.41, 5.74) is 0. The lowest BCUT2D eigenvalue weighted by molar-refractivity contribution is -0.145. The van der Waals surface area contributed by atoms with E-state index in [4.69, 9.17) is 0 Å². The van der Waals surface area contributed by atoms with Crippen molar-refractivity contribution in [1.29, 1.82) is 0 Å². The molecule has 1 saturated carbocycles. The van der Waals surface area contributed by atoms with Crippen molar-refractivity contribution < 1.29 is 18.7 Å². The van der Waals surface area contributed by atoms with Crippen LogP contribution >= 0.6 is 0 Å². The van der Waals surface area contributed by atoms with Crippen LogP contribution in [0.2, 0.25) is 0 Å². The number of hydrogen-bond acceptors (Lipinski definition) is 3. The third-order valence-electron chi connectivity index (χ3n) is 1.75. The smallest absolute Gasteiger partial charge is 0.313 e. The van der Waals surface area contributed by atoms with Crippen LogP contribution in [-0.2, 0) is 14.3 Å². The summed E-state index contributed by atoms with van der Waals surface area (Å²) in [6.45, 7) is 1.92. The first kappa shape index (κ1) is 9.16. The van der Waals surface area contributed by atoms with Crippen LogP contribution in [0.25, 0.3) is 0 Å². The fourth-order valence-electron chi connectivity index (χ4n) is 0.983. The maximum Gasteiger partial charge on any atom is 0.313 e. The molecule has 1 rings (SSSR count). The standard InChI is InChI=1S/C8H11FO3/c1-2-12-8(11)4-7(10)5-3-6(5)9/h5-6H,2-4H2,1H3/t5-,6+/m0/s1. The first-order valence-corrected chi connectivity index (χ1v) is 3.97. The van der Waals surface area contributed by atoms with Gasteiger partial charge in [-0.1, -0.05) is 0 Å². The molecule has 0 radical (unpaired) electrons. The molecule has 0 bridgehead atoms. The van der Waals surface area contributed by atoms with Gasteiger partial charge in [0, 0.05) is 0 Å². The third kappa shape index (κ3) is 2.29. The molecule has 0 aromatic heterocycles. The molecule has 3 nitrogen and oxygen atoms in total. The fraction of sp³-hybridized carbons (Fsp3) is 0.750. The Bertz CT molecular complexity index is 202. The molecule has 2 atom stereocenters. The highest BCUT2D eigenvalue weighted by atomic mass is 19.1. The molecule has 1 aliphatic rings. The first-order valence-electron chi connectivity index (χ1n) is 3.97. The summed E-state index contributed by atoms with van der Waals surface area (Å²) in [5, 5.41) is 0. The number of ketones is 1. The van der Waals surface area contributed by atoms with Gasteiger partial charge in [0.15, 0.2) is 0 Å². The van der Waals surface area contributed by atoms with E-state index in [1.165, 1.54) is 0 Å². The van der Waals surface area contributed by atoms with Gasteiger partial charge in [-0.2, -0.15) is 0 Å². The predicted molar refractivity (Wildman–Crippen MR) is 39.3 cm³/mol. The largest absolute Gasteiger partial charge is 0.466 e. The Morgan fingerprint density at radius 3 is 2.58 bits per heavy atom. The Labute approximate surface area is 69.9 Å². The van der Waals surface area contributed by atoms with Gasteiger partial charge >= 0.3 is 5.97 Å². The molecule has 0 aromatic carbocycles. The van der Waals surface area contributed by atoms with Crippen LogP contribution < -0.4 is 0 Å². The van der Waals surface area contributed by atoms with Crippen LogP contribution in [0.15, 0.2) is 0 Å². The number of esters is 1. The summed E-state index contributed by atoms with van der Waals surface area (Å²) in [6.07, 6.45) is -1.02. The zero-order valence-electron chi connectivity index (χ0n) is 6.88. The molecule has 0 amide bonds. The second-order valence-electron chi connectivity index (χ2n) is 2.81. The van der Waals surface area contributed by atoms with Crippen LogP contribution in [0, 0.1) is 5.92 Å². The van der Waals surface area contributed by atoms with Gasteiger partial charge in [0.2, 0.25) is 0 Å². The monoisotopic (exact) mass is 174 g/mol. The highest BCUT2D eigenvalue weighted by Gasteiger charge is 2.43. The van der Waals surface area contributed by atoms with E-state index in [1.807, 2.05) is 0 Å². The first-order chi connectivity index (χ1) is 5.65. The minimum Gasteiger partial charge on any atom is -0.466 e. The Hall–Kier alpha value is -0.930. The fourth-order valence-corrected chi connectivity index (χ4v) is 0.983. The van der Waals surface area contributed by atoms with Crippen LogP contribution in [0.5, 0.6) is 0 Å². The summed E-state index contributed by atoms with van der Waals surface area (Å²) in [5.74, 6) is -1.42. The molecule has 1 aliphatic carbocycles. The van der Waals surface area contributed by atoms with Crippen LogP contribution in [0.4, 0.5) is 4.39 Å². The van der Waals surface area contributed by atoms with Gasteiger partial charge in [-0.25, -0.2) is 4.39 Å². The van der Waals surface area contributed by atoms with Crippen molar-refractivity contribution in [2.75, 3.05) is 6.61 Å². The van der Waals surface area contributed by atoms with Crippen molar-refractivity contribution in [2.45, 2.75) is 25.9 Å². The summed E-state index contributed by atoms with van der Waals surface area (Å²) in [6, 6.07) is 0. The van der Waals surface area contributed by atoms with E-state index in [0.717, 1.165) is 0 Å². The Morgan fingerprint density at radius 2 is 2.17 bits per heavy atom. The molecule has 0 heterocycles. The van der Waals surface area contributed by atoms with Crippen molar-refractivity contribution in [3.05, 3.63) is 0 Å². The van der Waals surface area contributed by atoms with Crippen LogP contribution in [0.3, 0.4) is 0 Å². The molecule has 0 N–H and O–H groups in total. The average Bonchev–Trinajstić information content (AvgIpc) is 2.67. The highest BCUT2D eigenvalue weighted by molar-refractivity contribution is 5.98. The Balaban J connectivity index is 2.22. The zero-order chi connectivity index (χ0) is 9.14. The number of hydrogen-bond donors (Lipinski definition) is 0. The number of rotatable bonds is 4. The quantitative estimate of drug-likeness (QED) is 0.469. The van der Waals surface area contributed by atoms with E-state index in [-0.39, 0.29) is 25.2 Å². The molecule has 0 unspecified atom stereocenters. The van der Waals surface area contributed by atoms with Crippen molar-refractivity contribution in [3.63, 3.8) is 0 Å². The van der Waals surface area contributed by atoms with E-state index < -0.39 is 18.1 Å². The van der Waals surface area contributed by atoms with E-state index in [1.54, 1.807) is 6.92 Å². The van der Waals surface area contributed by atoms with Crippen molar-refractivity contribution in [3.8, 4) is 0 Å². The molecule has 0 spiro atoms. The van der Waals surface area contributed by atoms with Gasteiger partial charge in [0.25, 0.3) is 0 Å². The van der Waals surface area contributed by atoms with E-state index >= 15 is 0 Å². The van der Waals surface area contributed by atoms with Gasteiger partial charge in [-0.15, -0.1) is 0 Å². The van der Waals surface area contributed by atoms with Crippen molar-refractivity contribution in [1.82, 2.24) is 0 Å². The van der Waals surface area contributed by atoms with E-state index in [9.17, 15) is 14.0 Å².